The van der Waals surface area contributed by atoms with Crippen LogP contribution in [-0.2, 0) is 9.53 Å². The van der Waals surface area contributed by atoms with Gasteiger partial charge in [-0.25, -0.2) is 4.98 Å². The summed E-state index contributed by atoms with van der Waals surface area (Å²) in [6.45, 7) is 4.93. The Hall–Kier alpha value is -1.99. The molecule has 0 unspecified atom stereocenters. The van der Waals surface area contributed by atoms with Crippen LogP contribution in [0.15, 0.2) is 12.1 Å². The summed E-state index contributed by atoms with van der Waals surface area (Å²) >= 11 is 0. The summed E-state index contributed by atoms with van der Waals surface area (Å²) in [6.07, 6.45) is 7.54. The second-order valence-corrected chi connectivity index (χ2v) is 8.00. The Morgan fingerprint density at radius 2 is 2.00 bits per heavy atom. The van der Waals surface area contributed by atoms with Gasteiger partial charge in [-0.05, 0) is 38.3 Å². The van der Waals surface area contributed by atoms with Crippen LogP contribution in [0.3, 0.4) is 0 Å². The van der Waals surface area contributed by atoms with Gasteiger partial charge in [0.1, 0.15) is 11.7 Å². The van der Waals surface area contributed by atoms with Crippen molar-refractivity contribution < 1.29 is 9.53 Å². The number of aryl methyl sites for hydroxylation is 1. The molecule has 1 aliphatic heterocycles. The molecule has 3 rings (SSSR count). The van der Waals surface area contributed by atoms with E-state index in [9.17, 15) is 4.79 Å². The topological polar surface area (TPSA) is 90.3 Å². The number of pyridine rings is 1. The fourth-order valence-corrected chi connectivity index (χ4v) is 4.33. The van der Waals surface area contributed by atoms with Crippen LogP contribution in [0.1, 0.15) is 56.7 Å². The molecule has 1 aromatic heterocycles. The van der Waals surface area contributed by atoms with Gasteiger partial charge in [-0.2, -0.15) is 0 Å². The van der Waals surface area contributed by atoms with E-state index in [1.54, 1.807) is 7.11 Å². The SMILES string of the molecule is CO[C@H]1CN(c2nc(C)ccc2C(=N)NC(C)=O)CC[C@H]1NC1CCCCC1. The molecular formula is C21H33N5O2. The van der Waals surface area contributed by atoms with Crippen molar-refractivity contribution in [3.63, 3.8) is 0 Å². The van der Waals surface area contributed by atoms with Gasteiger partial charge in [-0.3, -0.25) is 10.2 Å². The second-order valence-electron chi connectivity index (χ2n) is 8.00. The number of rotatable bonds is 5. The lowest BCUT2D eigenvalue weighted by Crippen LogP contribution is -2.56. The van der Waals surface area contributed by atoms with E-state index in [4.69, 9.17) is 15.1 Å². The van der Waals surface area contributed by atoms with E-state index >= 15 is 0 Å². The zero-order valence-corrected chi connectivity index (χ0v) is 17.3. The van der Waals surface area contributed by atoms with Crippen LogP contribution in [0.25, 0.3) is 0 Å². The third-order valence-electron chi connectivity index (χ3n) is 5.80. The van der Waals surface area contributed by atoms with Gasteiger partial charge in [0.15, 0.2) is 0 Å². The van der Waals surface area contributed by atoms with E-state index in [0.717, 1.165) is 31.0 Å². The molecule has 1 saturated heterocycles. The molecule has 7 heteroatoms. The number of amides is 1. The minimum absolute atomic E-state index is 0.0702. The van der Waals surface area contributed by atoms with Gasteiger partial charge in [0.25, 0.3) is 0 Å². The number of ether oxygens (including phenoxy) is 1. The molecule has 0 bridgehead atoms. The third kappa shape index (κ3) is 5.08. The van der Waals surface area contributed by atoms with Crippen molar-refractivity contribution in [2.75, 3.05) is 25.1 Å². The average Bonchev–Trinajstić information content (AvgIpc) is 2.68. The zero-order valence-electron chi connectivity index (χ0n) is 17.3. The zero-order chi connectivity index (χ0) is 20.1. The molecule has 0 spiro atoms. The highest BCUT2D eigenvalue weighted by Crippen LogP contribution is 2.26. The number of nitrogens with one attached hydrogen (secondary N) is 3. The first-order valence-corrected chi connectivity index (χ1v) is 10.4. The summed E-state index contributed by atoms with van der Waals surface area (Å²) in [5.41, 5.74) is 1.54. The number of carbonyl (C=O) groups is 1. The molecule has 2 fully saturated rings. The lowest BCUT2D eigenvalue weighted by molar-refractivity contribution is -0.117. The van der Waals surface area contributed by atoms with Gasteiger partial charge in [-0.15, -0.1) is 0 Å². The smallest absolute Gasteiger partial charge is 0.222 e. The predicted molar refractivity (Wildman–Crippen MR) is 111 cm³/mol. The normalized spacial score (nSPS) is 23.5. The molecule has 154 valence electrons. The molecule has 1 amide bonds. The van der Waals surface area contributed by atoms with Crippen LogP contribution >= 0.6 is 0 Å². The predicted octanol–water partition coefficient (Wildman–Crippen LogP) is 2.37. The van der Waals surface area contributed by atoms with Crippen LogP contribution < -0.4 is 15.5 Å². The molecule has 1 saturated carbocycles. The Morgan fingerprint density at radius 1 is 1.25 bits per heavy atom. The van der Waals surface area contributed by atoms with Gasteiger partial charge in [0, 0.05) is 44.9 Å². The van der Waals surface area contributed by atoms with E-state index in [0.29, 0.717) is 17.6 Å². The highest BCUT2D eigenvalue weighted by molar-refractivity contribution is 6.08. The molecule has 7 nitrogen and oxygen atoms in total. The van der Waals surface area contributed by atoms with Crippen molar-refractivity contribution in [3.8, 4) is 0 Å². The van der Waals surface area contributed by atoms with Crippen LogP contribution in [0.5, 0.6) is 0 Å². The number of hydrogen-bond acceptors (Lipinski definition) is 6. The maximum Gasteiger partial charge on any atom is 0.222 e. The number of carbonyl (C=O) groups excluding carboxylic acids is 1. The monoisotopic (exact) mass is 387 g/mol. The fraction of sp³-hybridized carbons (Fsp3) is 0.667. The van der Waals surface area contributed by atoms with Crippen LogP contribution in [-0.4, -0.2) is 55.1 Å². The van der Waals surface area contributed by atoms with Crippen molar-refractivity contribution in [1.82, 2.24) is 15.6 Å². The molecular weight excluding hydrogens is 354 g/mol. The Morgan fingerprint density at radius 3 is 2.68 bits per heavy atom. The first-order valence-electron chi connectivity index (χ1n) is 10.4. The number of piperidine rings is 1. The van der Waals surface area contributed by atoms with Gasteiger partial charge < -0.3 is 20.3 Å². The molecule has 2 aliphatic rings. The third-order valence-corrected chi connectivity index (χ3v) is 5.80. The quantitative estimate of drug-likeness (QED) is 0.533. The number of aromatic nitrogens is 1. The number of nitrogens with zero attached hydrogens (tertiary/aromatic N) is 2. The van der Waals surface area contributed by atoms with E-state index in [2.05, 4.69) is 15.5 Å². The standard InChI is InChI=1S/C21H33N5O2/c1-14-9-10-17(20(22)24-15(2)27)21(23-14)26-12-11-18(19(13-26)28-3)25-16-7-5-4-6-8-16/h9-10,16,18-19,25H,4-8,11-13H2,1-3H3,(H2,22,24,27)/t18-,19+/m1/s1. The van der Waals surface area contributed by atoms with Gasteiger partial charge in [0.05, 0.1) is 11.7 Å². The number of anilines is 1. The Bertz CT molecular complexity index is 702. The minimum Gasteiger partial charge on any atom is -0.378 e. The highest BCUT2D eigenvalue weighted by Gasteiger charge is 2.32. The maximum absolute atomic E-state index is 11.4. The van der Waals surface area contributed by atoms with Gasteiger partial charge >= 0.3 is 0 Å². The molecule has 0 radical (unpaired) electrons. The van der Waals surface area contributed by atoms with E-state index in [1.807, 2.05) is 19.1 Å². The van der Waals surface area contributed by atoms with Crippen LogP contribution in [0.4, 0.5) is 5.82 Å². The molecule has 0 aromatic carbocycles. The summed E-state index contributed by atoms with van der Waals surface area (Å²) in [5, 5.41) is 14.7. The Labute approximate surface area is 167 Å². The summed E-state index contributed by atoms with van der Waals surface area (Å²) in [5.74, 6) is 0.588. The van der Waals surface area contributed by atoms with E-state index < -0.39 is 0 Å². The van der Waals surface area contributed by atoms with Crippen molar-refractivity contribution in [2.45, 2.75) is 70.6 Å². The number of amidine groups is 1. The van der Waals surface area contributed by atoms with Crippen LogP contribution in [0, 0.1) is 12.3 Å². The van der Waals surface area contributed by atoms with Crippen molar-refractivity contribution in [2.24, 2.45) is 0 Å². The second kappa shape index (κ2) is 9.47. The Kier molecular flexibility index (Phi) is 7.02. The van der Waals surface area contributed by atoms with E-state index in [-0.39, 0.29) is 17.8 Å². The molecule has 2 atom stereocenters. The van der Waals surface area contributed by atoms with Gasteiger partial charge in [-0.1, -0.05) is 19.3 Å². The summed E-state index contributed by atoms with van der Waals surface area (Å²) < 4.78 is 5.84. The summed E-state index contributed by atoms with van der Waals surface area (Å²) in [7, 11) is 1.77. The minimum atomic E-state index is -0.248. The highest BCUT2D eigenvalue weighted by atomic mass is 16.5. The first kappa shape index (κ1) is 20.7. The molecule has 1 aliphatic carbocycles. The maximum atomic E-state index is 11.4. The molecule has 3 N–H and O–H groups in total. The lowest BCUT2D eigenvalue weighted by atomic mass is 9.92. The van der Waals surface area contributed by atoms with Crippen molar-refractivity contribution in [1.29, 1.82) is 5.41 Å². The van der Waals surface area contributed by atoms with Crippen molar-refractivity contribution >= 4 is 17.6 Å². The van der Waals surface area contributed by atoms with Crippen LogP contribution in [0.2, 0.25) is 0 Å². The first-order chi connectivity index (χ1) is 13.5. The van der Waals surface area contributed by atoms with Gasteiger partial charge in [0.2, 0.25) is 5.91 Å². The number of hydrogen-bond donors (Lipinski definition) is 3. The molecule has 2 heterocycles. The molecule has 28 heavy (non-hydrogen) atoms. The Balaban J connectivity index is 1.73. The molecule has 1 aromatic rings. The summed E-state index contributed by atoms with van der Waals surface area (Å²) in [6, 6.07) is 4.68. The van der Waals surface area contributed by atoms with Crippen molar-refractivity contribution in [3.05, 3.63) is 23.4 Å². The largest absolute Gasteiger partial charge is 0.378 e. The lowest BCUT2D eigenvalue weighted by Gasteiger charge is -2.41. The fourth-order valence-electron chi connectivity index (χ4n) is 4.33. The average molecular weight is 388 g/mol. The van der Waals surface area contributed by atoms with E-state index in [1.165, 1.54) is 39.0 Å². The summed E-state index contributed by atoms with van der Waals surface area (Å²) in [4.78, 5) is 18.3. The number of methoxy groups -OCH3 is 1.